The van der Waals surface area contributed by atoms with Gasteiger partial charge in [-0.05, 0) is 61.8 Å². The number of aryl methyl sites for hydroxylation is 4. The SMILES string of the molecule is CCCCCc1cccc(C)c1Oc1c(C)cccc1CCCCC. The lowest BCUT2D eigenvalue weighted by atomic mass is 10.0. The van der Waals surface area contributed by atoms with E-state index in [-0.39, 0.29) is 0 Å². The Kier molecular flexibility index (Phi) is 8.04. The molecular weight excluding hydrogens is 304 g/mol. The predicted molar refractivity (Wildman–Crippen MR) is 109 cm³/mol. The van der Waals surface area contributed by atoms with Crippen molar-refractivity contribution >= 4 is 0 Å². The Morgan fingerprint density at radius 2 is 1.08 bits per heavy atom. The van der Waals surface area contributed by atoms with Crippen molar-refractivity contribution in [2.75, 3.05) is 0 Å². The molecular formula is C24H34O. The highest BCUT2D eigenvalue weighted by atomic mass is 16.5. The quantitative estimate of drug-likeness (QED) is 0.406. The Morgan fingerprint density at radius 1 is 0.640 bits per heavy atom. The van der Waals surface area contributed by atoms with Gasteiger partial charge >= 0.3 is 0 Å². The fourth-order valence-corrected chi connectivity index (χ4v) is 3.35. The van der Waals surface area contributed by atoms with Gasteiger partial charge in [0.25, 0.3) is 0 Å². The molecule has 0 aromatic heterocycles. The molecule has 25 heavy (non-hydrogen) atoms. The lowest BCUT2D eigenvalue weighted by Crippen LogP contribution is -2.00. The van der Waals surface area contributed by atoms with E-state index in [0.29, 0.717) is 0 Å². The molecule has 1 heteroatoms. The van der Waals surface area contributed by atoms with Crippen molar-refractivity contribution in [2.24, 2.45) is 0 Å². The monoisotopic (exact) mass is 338 g/mol. The molecule has 0 N–H and O–H groups in total. The topological polar surface area (TPSA) is 9.23 Å². The van der Waals surface area contributed by atoms with Crippen LogP contribution in [0.2, 0.25) is 0 Å². The molecule has 0 aliphatic carbocycles. The highest BCUT2D eigenvalue weighted by Crippen LogP contribution is 2.35. The van der Waals surface area contributed by atoms with Crippen LogP contribution >= 0.6 is 0 Å². The minimum atomic E-state index is 1.07. The van der Waals surface area contributed by atoms with Crippen LogP contribution in [0.1, 0.15) is 74.6 Å². The van der Waals surface area contributed by atoms with Crippen LogP contribution in [-0.4, -0.2) is 0 Å². The molecule has 0 saturated heterocycles. The molecule has 0 fully saturated rings. The molecule has 2 aromatic rings. The molecule has 0 aliphatic rings. The average molecular weight is 339 g/mol. The van der Waals surface area contributed by atoms with Crippen LogP contribution in [0.25, 0.3) is 0 Å². The Balaban J connectivity index is 2.26. The lowest BCUT2D eigenvalue weighted by molar-refractivity contribution is 0.460. The Hall–Kier alpha value is -1.76. The molecule has 1 nitrogen and oxygen atoms in total. The summed E-state index contributed by atoms with van der Waals surface area (Å²) in [5.41, 5.74) is 5.15. The molecule has 0 aliphatic heterocycles. The van der Waals surface area contributed by atoms with Crippen LogP contribution in [-0.2, 0) is 12.8 Å². The van der Waals surface area contributed by atoms with Crippen molar-refractivity contribution < 1.29 is 4.74 Å². The molecule has 0 spiro atoms. The van der Waals surface area contributed by atoms with E-state index >= 15 is 0 Å². The molecule has 0 heterocycles. The smallest absolute Gasteiger partial charge is 0.133 e. The summed E-state index contributed by atoms with van der Waals surface area (Å²) in [5.74, 6) is 2.15. The molecule has 0 unspecified atom stereocenters. The minimum Gasteiger partial charge on any atom is -0.456 e. The van der Waals surface area contributed by atoms with Gasteiger partial charge in [-0.3, -0.25) is 0 Å². The number of hydrogen-bond donors (Lipinski definition) is 0. The first-order valence-corrected chi connectivity index (χ1v) is 10.0. The second kappa shape index (κ2) is 10.3. The van der Waals surface area contributed by atoms with E-state index in [1.165, 1.54) is 60.8 Å². The van der Waals surface area contributed by atoms with E-state index < -0.39 is 0 Å². The van der Waals surface area contributed by atoms with Gasteiger partial charge in [0.05, 0.1) is 0 Å². The zero-order valence-corrected chi connectivity index (χ0v) is 16.5. The van der Waals surface area contributed by atoms with Gasteiger partial charge in [0.15, 0.2) is 0 Å². The van der Waals surface area contributed by atoms with Gasteiger partial charge < -0.3 is 4.74 Å². The highest BCUT2D eigenvalue weighted by Gasteiger charge is 2.13. The van der Waals surface area contributed by atoms with Crippen molar-refractivity contribution in [2.45, 2.75) is 79.1 Å². The third-order valence-electron chi connectivity index (χ3n) is 4.89. The number of ether oxygens (including phenoxy) is 1. The van der Waals surface area contributed by atoms with Crippen molar-refractivity contribution in [3.8, 4) is 11.5 Å². The van der Waals surface area contributed by atoms with Gasteiger partial charge in [0, 0.05) is 0 Å². The Bertz CT molecular complexity index is 600. The van der Waals surface area contributed by atoms with E-state index in [1.54, 1.807) is 0 Å². The zero-order valence-electron chi connectivity index (χ0n) is 16.5. The van der Waals surface area contributed by atoms with E-state index in [0.717, 1.165) is 24.3 Å². The molecule has 0 atom stereocenters. The maximum Gasteiger partial charge on any atom is 0.133 e. The highest BCUT2D eigenvalue weighted by molar-refractivity contribution is 5.48. The number of para-hydroxylation sites is 2. The Labute approximate surface area is 154 Å². The molecule has 0 saturated carbocycles. The standard InChI is InChI=1S/C24H34O/c1-5-7-9-15-21-17-11-13-19(3)23(21)25-24-20(4)14-12-18-22(24)16-10-8-6-2/h11-14,17-18H,5-10,15-16H2,1-4H3. The first-order valence-electron chi connectivity index (χ1n) is 10.0. The van der Waals surface area contributed by atoms with Crippen LogP contribution in [0.4, 0.5) is 0 Å². The largest absolute Gasteiger partial charge is 0.456 e. The number of unbranched alkanes of at least 4 members (excludes halogenated alkanes) is 4. The fraction of sp³-hybridized carbons (Fsp3) is 0.500. The molecule has 2 aromatic carbocycles. The lowest BCUT2D eigenvalue weighted by Gasteiger charge is -2.18. The summed E-state index contributed by atoms with van der Waals surface area (Å²) >= 11 is 0. The minimum absolute atomic E-state index is 1.07. The maximum atomic E-state index is 6.56. The van der Waals surface area contributed by atoms with Crippen molar-refractivity contribution in [1.29, 1.82) is 0 Å². The predicted octanol–water partition coefficient (Wildman–Crippen LogP) is 7.56. The van der Waals surface area contributed by atoms with E-state index in [4.69, 9.17) is 4.74 Å². The summed E-state index contributed by atoms with van der Waals surface area (Å²) in [5, 5.41) is 0. The van der Waals surface area contributed by atoms with Gasteiger partial charge in [-0.1, -0.05) is 75.9 Å². The third kappa shape index (κ3) is 5.63. The Morgan fingerprint density at radius 3 is 1.48 bits per heavy atom. The molecule has 0 amide bonds. The van der Waals surface area contributed by atoms with Gasteiger partial charge in [0.2, 0.25) is 0 Å². The third-order valence-corrected chi connectivity index (χ3v) is 4.89. The normalized spacial score (nSPS) is 10.9. The first-order chi connectivity index (χ1) is 12.2. The second-order valence-corrected chi connectivity index (χ2v) is 7.14. The van der Waals surface area contributed by atoms with E-state index in [2.05, 4.69) is 64.1 Å². The van der Waals surface area contributed by atoms with Crippen LogP contribution in [0.3, 0.4) is 0 Å². The van der Waals surface area contributed by atoms with Gasteiger partial charge in [-0.25, -0.2) is 0 Å². The van der Waals surface area contributed by atoms with Gasteiger partial charge in [-0.15, -0.1) is 0 Å². The number of rotatable bonds is 10. The van der Waals surface area contributed by atoms with Gasteiger partial charge in [0.1, 0.15) is 11.5 Å². The summed E-state index contributed by atoms with van der Waals surface area (Å²) < 4.78 is 6.56. The van der Waals surface area contributed by atoms with E-state index in [1.807, 2.05) is 0 Å². The number of hydrogen-bond acceptors (Lipinski definition) is 1. The van der Waals surface area contributed by atoms with Crippen molar-refractivity contribution in [1.82, 2.24) is 0 Å². The van der Waals surface area contributed by atoms with Crippen LogP contribution in [0.15, 0.2) is 36.4 Å². The molecule has 0 bridgehead atoms. The summed E-state index contributed by atoms with van der Waals surface area (Å²) in [6, 6.07) is 13.1. The second-order valence-electron chi connectivity index (χ2n) is 7.14. The molecule has 136 valence electrons. The zero-order chi connectivity index (χ0) is 18.1. The fourth-order valence-electron chi connectivity index (χ4n) is 3.35. The summed E-state index contributed by atoms with van der Waals surface area (Å²) in [7, 11) is 0. The number of benzene rings is 2. The van der Waals surface area contributed by atoms with Crippen molar-refractivity contribution in [3.05, 3.63) is 58.7 Å². The van der Waals surface area contributed by atoms with Gasteiger partial charge in [-0.2, -0.15) is 0 Å². The maximum absolute atomic E-state index is 6.56. The summed E-state index contributed by atoms with van der Waals surface area (Å²) in [6.07, 6.45) is 9.72. The molecule has 0 radical (unpaired) electrons. The van der Waals surface area contributed by atoms with Crippen molar-refractivity contribution in [3.63, 3.8) is 0 Å². The van der Waals surface area contributed by atoms with Crippen LogP contribution < -0.4 is 4.74 Å². The first kappa shape index (κ1) is 19.6. The van der Waals surface area contributed by atoms with E-state index in [9.17, 15) is 0 Å². The molecule has 2 rings (SSSR count). The average Bonchev–Trinajstić information content (AvgIpc) is 2.60. The van der Waals surface area contributed by atoms with Crippen LogP contribution in [0, 0.1) is 13.8 Å². The van der Waals surface area contributed by atoms with Crippen LogP contribution in [0.5, 0.6) is 11.5 Å². The summed E-state index contributed by atoms with van der Waals surface area (Å²) in [4.78, 5) is 0. The summed E-state index contributed by atoms with van der Waals surface area (Å²) in [6.45, 7) is 8.83.